The summed E-state index contributed by atoms with van der Waals surface area (Å²) in [6, 6.07) is 0. The van der Waals surface area contributed by atoms with Crippen molar-refractivity contribution in [1.29, 1.82) is 0 Å². The van der Waals surface area contributed by atoms with Crippen molar-refractivity contribution in [3.8, 4) is 0 Å². The third kappa shape index (κ3) is 3.18. The van der Waals surface area contributed by atoms with E-state index in [4.69, 9.17) is 4.74 Å². The first-order valence-electron chi connectivity index (χ1n) is 10.3. The second-order valence-corrected chi connectivity index (χ2v) is 9.62. The van der Waals surface area contributed by atoms with E-state index in [9.17, 15) is 9.90 Å². The summed E-state index contributed by atoms with van der Waals surface area (Å²) in [5.41, 5.74) is 0.620. The van der Waals surface area contributed by atoms with E-state index in [1.165, 1.54) is 37.7 Å². The molecule has 0 aromatic heterocycles. The average Bonchev–Trinajstić information content (AvgIpc) is 3.04. The highest BCUT2D eigenvalue weighted by molar-refractivity contribution is 5.81. The molecule has 1 aliphatic heterocycles. The van der Waals surface area contributed by atoms with Crippen molar-refractivity contribution in [2.75, 3.05) is 0 Å². The number of allylic oxidation sites excluding steroid dienone is 1. The van der Waals surface area contributed by atoms with E-state index >= 15 is 0 Å². The molecule has 25 heavy (non-hydrogen) atoms. The Hall–Kier alpha value is -0.830. The third-order valence-corrected chi connectivity index (χ3v) is 7.87. The van der Waals surface area contributed by atoms with E-state index in [-0.39, 0.29) is 12.0 Å². The fourth-order valence-corrected chi connectivity index (χ4v) is 6.11. The molecule has 1 heterocycles. The molecule has 0 bridgehead atoms. The number of hydrogen-bond acceptors (Lipinski definition) is 3. The van der Waals surface area contributed by atoms with Gasteiger partial charge in [-0.15, -0.1) is 0 Å². The summed E-state index contributed by atoms with van der Waals surface area (Å²) in [6.07, 6.45) is 8.73. The SMILES string of the molecule is C=C1CCC[C@@]2(C)C1CC[C@@H]2C(C)CCC1CC(O)(C(C)C)C(=O)O1. The summed E-state index contributed by atoms with van der Waals surface area (Å²) in [5.74, 6) is 1.58. The maximum atomic E-state index is 12.0. The number of aliphatic hydroxyl groups is 1. The first-order chi connectivity index (χ1) is 11.7. The molecule has 3 nitrogen and oxygen atoms in total. The second-order valence-electron chi connectivity index (χ2n) is 9.62. The number of hydrogen-bond donors (Lipinski definition) is 1. The lowest BCUT2D eigenvalue weighted by molar-refractivity contribution is -0.158. The Morgan fingerprint density at radius 2 is 2.04 bits per heavy atom. The van der Waals surface area contributed by atoms with Gasteiger partial charge in [0.05, 0.1) is 0 Å². The predicted octanol–water partition coefficient (Wildman–Crippen LogP) is 4.88. The molecule has 0 amide bonds. The fraction of sp³-hybridized carbons (Fsp3) is 0.864. The molecule has 6 atom stereocenters. The number of fused-ring (bicyclic) bond motifs is 1. The van der Waals surface area contributed by atoms with Crippen LogP contribution in [0.5, 0.6) is 0 Å². The molecule has 3 heteroatoms. The molecule has 4 unspecified atom stereocenters. The van der Waals surface area contributed by atoms with Crippen molar-refractivity contribution >= 4 is 5.97 Å². The largest absolute Gasteiger partial charge is 0.460 e. The molecule has 142 valence electrons. The van der Waals surface area contributed by atoms with E-state index < -0.39 is 11.6 Å². The van der Waals surface area contributed by atoms with Gasteiger partial charge in [-0.2, -0.15) is 0 Å². The summed E-state index contributed by atoms with van der Waals surface area (Å²) >= 11 is 0. The molecule has 0 aromatic rings. The average molecular weight is 349 g/mol. The van der Waals surface area contributed by atoms with Gasteiger partial charge in [0.15, 0.2) is 5.60 Å². The van der Waals surface area contributed by atoms with Crippen LogP contribution in [-0.2, 0) is 9.53 Å². The predicted molar refractivity (Wildman–Crippen MR) is 100.0 cm³/mol. The van der Waals surface area contributed by atoms with Gasteiger partial charge in [-0.25, -0.2) is 4.79 Å². The highest BCUT2D eigenvalue weighted by atomic mass is 16.6. The Balaban J connectivity index is 1.58. The normalized spacial score (nSPS) is 42.6. The summed E-state index contributed by atoms with van der Waals surface area (Å²) in [6.45, 7) is 13.0. The summed E-state index contributed by atoms with van der Waals surface area (Å²) in [7, 11) is 0. The van der Waals surface area contributed by atoms with Crippen LogP contribution in [0.2, 0.25) is 0 Å². The lowest BCUT2D eigenvalue weighted by Crippen LogP contribution is -2.39. The molecule has 3 rings (SSSR count). The molecule has 3 fully saturated rings. The first-order valence-corrected chi connectivity index (χ1v) is 10.3. The number of carbonyl (C=O) groups is 1. The Morgan fingerprint density at radius 1 is 1.32 bits per heavy atom. The standard InChI is InChI=1S/C22H36O3/c1-14(2)22(24)13-17(25-20(22)23)9-8-16(4)19-11-10-18-15(3)7-6-12-21(18,19)5/h14,16-19,24H,3,6-13H2,1-2,4-5H3/t16?,17?,18?,19-,21+,22?/m1/s1. The number of rotatable bonds is 5. The van der Waals surface area contributed by atoms with Crippen LogP contribution in [0.15, 0.2) is 12.2 Å². The number of cyclic esters (lactones) is 1. The summed E-state index contributed by atoms with van der Waals surface area (Å²) in [4.78, 5) is 12.0. The van der Waals surface area contributed by atoms with Crippen LogP contribution in [-0.4, -0.2) is 22.8 Å². The molecule has 1 saturated heterocycles. The first kappa shape index (κ1) is 18.9. The minimum atomic E-state index is -1.28. The molecule has 3 aliphatic rings. The minimum absolute atomic E-state index is 0.0924. The topological polar surface area (TPSA) is 46.5 Å². The zero-order valence-corrected chi connectivity index (χ0v) is 16.5. The second kappa shape index (κ2) is 6.72. The van der Waals surface area contributed by atoms with E-state index in [1.54, 1.807) is 0 Å². The van der Waals surface area contributed by atoms with Crippen molar-refractivity contribution in [3.05, 3.63) is 12.2 Å². The summed E-state index contributed by atoms with van der Waals surface area (Å²) < 4.78 is 5.50. The van der Waals surface area contributed by atoms with Crippen LogP contribution in [0.25, 0.3) is 0 Å². The van der Waals surface area contributed by atoms with Crippen LogP contribution in [0.3, 0.4) is 0 Å². The maximum Gasteiger partial charge on any atom is 0.338 e. The minimum Gasteiger partial charge on any atom is -0.460 e. The van der Waals surface area contributed by atoms with Gasteiger partial charge >= 0.3 is 5.97 Å². The van der Waals surface area contributed by atoms with Crippen molar-refractivity contribution in [1.82, 2.24) is 0 Å². The Bertz CT molecular complexity index is 539. The smallest absolute Gasteiger partial charge is 0.338 e. The quantitative estimate of drug-likeness (QED) is 0.569. The molecule has 0 spiro atoms. The Kier molecular flexibility index (Phi) is 5.09. The van der Waals surface area contributed by atoms with Crippen molar-refractivity contribution < 1.29 is 14.6 Å². The van der Waals surface area contributed by atoms with Gasteiger partial charge in [0.1, 0.15) is 6.10 Å². The number of carbonyl (C=O) groups excluding carboxylic acids is 1. The van der Waals surface area contributed by atoms with E-state index in [0.717, 1.165) is 18.8 Å². The fourth-order valence-electron chi connectivity index (χ4n) is 6.11. The van der Waals surface area contributed by atoms with E-state index in [2.05, 4.69) is 20.4 Å². The highest BCUT2D eigenvalue weighted by Gasteiger charge is 2.52. The van der Waals surface area contributed by atoms with Gasteiger partial charge in [0.25, 0.3) is 0 Å². The lowest BCUT2D eigenvalue weighted by atomic mass is 9.61. The molecule has 2 saturated carbocycles. The van der Waals surface area contributed by atoms with Gasteiger partial charge in [0.2, 0.25) is 0 Å². The van der Waals surface area contributed by atoms with E-state index in [0.29, 0.717) is 23.7 Å². The zero-order chi connectivity index (χ0) is 18.4. The third-order valence-electron chi connectivity index (χ3n) is 7.87. The van der Waals surface area contributed by atoms with Crippen LogP contribution < -0.4 is 0 Å². The van der Waals surface area contributed by atoms with Crippen LogP contribution in [0.4, 0.5) is 0 Å². The van der Waals surface area contributed by atoms with Gasteiger partial charge in [0, 0.05) is 6.42 Å². The van der Waals surface area contributed by atoms with Gasteiger partial charge in [-0.3, -0.25) is 0 Å². The molecule has 2 aliphatic carbocycles. The van der Waals surface area contributed by atoms with Gasteiger partial charge < -0.3 is 9.84 Å². The monoisotopic (exact) mass is 348 g/mol. The van der Waals surface area contributed by atoms with Crippen LogP contribution >= 0.6 is 0 Å². The molecular weight excluding hydrogens is 312 g/mol. The van der Waals surface area contributed by atoms with Gasteiger partial charge in [-0.05, 0) is 74.0 Å². The molecule has 0 aromatic carbocycles. The zero-order valence-electron chi connectivity index (χ0n) is 16.5. The van der Waals surface area contributed by atoms with Crippen molar-refractivity contribution in [2.24, 2.45) is 29.1 Å². The van der Waals surface area contributed by atoms with Crippen molar-refractivity contribution in [2.45, 2.75) is 90.8 Å². The molecule has 0 radical (unpaired) electrons. The molecule has 1 N–H and O–H groups in total. The van der Waals surface area contributed by atoms with Crippen LogP contribution in [0.1, 0.15) is 79.1 Å². The number of esters is 1. The molecular formula is C22H36O3. The van der Waals surface area contributed by atoms with Gasteiger partial charge in [-0.1, -0.05) is 39.8 Å². The summed E-state index contributed by atoms with van der Waals surface area (Å²) in [5, 5.41) is 10.5. The maximum absolute atomic E-state index is 12.0. The van der Waals surface area contributed by atoms with Crippen LogP contribution in [0, 0.1) is 29.1 Å². The number of ether oxygens (including phenoxy) is 1. The van der Waals surface area contributed by atoms with E-state index in [1.807, 2.05) is 13.8 Å². The lowest BCUT2D eigenvalue weighted by Gasteiger charge is -2.44. The van der Waals surface area contributed by atoms with Crippen molar-refractivity contribution in [3.63, 3.8) is 0 Å². The Morgan fingerprint density at radius 3 is 2.68 bits per heavy atom. The highest BCUT2D eigenvalue weighted by Crippen LogP contribution is 2.59. The Labute approximate surface area is 153 Å².